The van der Waals surface area contributed by atoms with Gasteiger partial charge in [0.1, 0.15) is 0 Å². The van der Waals surface area contributed by atoms with Gasteiger partial charge in [0.25, 0.3) is 11.4 Å². The monoisotopic (exact) mass is 258 g/mol. The van der Waals surface area contributed by atoms with Crippen molar-refractivity contribution < 1.29 is 75.3 Å². The van der Waals surface area contributed by atoms with Crippen LogP contribution in [0.5, 0.6) is 0 Å². The summed E-state index contributed by atoms with van der Waals surface area (Å²) in [4.78, 5) is 0. The van der Waals surface area contributed by atoms with Gasteiger partial charge in [-0.25, -0.2) is 0 Å². The quantitative estimate of drug-likeness (QED) is 0.259. The third-order valence-corrected chi connectivity index (χ3v) is 0. The Morgan fingerprint density at radius 3 is 1.29 bits per heavy atom. The SMILES string of the molecule is I.O=S(O)O.[H-].[H-].[Na+].[Na+]. The number of rotatable bonds is 0. The molecule has 0 radical (unpaired) electrons. The smallest absolute Gasteiger partial charge is 1.00 e. The fraction of sp³-hybridized carbons (Fsp3) is 0. The van der Waals surface area contributed by atoms with Crippen LogP contribution in [0.25, 0.3) is 0 Å². The topological polar surface area (TPSA) is 57.5 Å². The maximum absolute atomic E-state index is 8.67. The van der Waals surface area contributed by atoms with E-state index < -0.39 is 11.4 Å². The molecule has 0 unspecified atom stereocenters. The molecule has 0 aromatic heterocycles. The average Bonchev–Trinajstić information content (AvgIpc) is 0.811. The van der Waals surface area contributed by atoms with Crippen molar-refractivity contribution in [3.8, 4) is 0 Å². The molecule has 7 heteroatoms. The Bertz CT molecular complexity index is 42.8. The van der Waals surface area contributed by atoms with Gasteiger partial charge in [0, 0.05) is 0 Å². The Labute approximate surface area is 109 Å². The van der Waals surface area contributed by atoms with Gasteiger partial charge in [-0.2, -0.15) is 4.21 Å². The van der Waals surface area contributed by atoms with Crippen molar-refractivity contribution in [2.45, 2.75) is 0 Å². The molecule has 3 nitrogen and oxygen atoms in total. The Morgan fingerprint density at radius 1 is 1.29 bits per heavy atom. The Balaban J connectivity index is -0.00000000450. The van der Waals surface area contributed by atoms with Crippen molar-refractivity contribution in [2.75, 3.05) is 0 Å². The van der Waals surface area contributed by atoms with E-state index in [1.807, 2.05) is 0 Å². The first-order valence-electron chi connectivity index (χ1n) is 0.532. The molecule has 0 aromatic carbocycles. The molecule has 0 heterocycles. The first-order valence-corrected chi connectivity index (χ1v) is 1.60. The van der Waals surface area contributed by atoms with E-state index in [0.717, 1.165) is 0 Å². The van der Waals surface area contributed by atoms with E-state index in [0.29, 0.717) is 0 Å². The Kier molecular flexibility index (Phi) is 51.3. The van der Waals surface area contributed by atoms with E-state index >= 15 is 0 Å². The summed E-state index contributed by atoms with van der Waals surface area (Å²) >= 11 is -2.61. The van der Waals surface area contributed by atoms with Gasteiger partial charge in [0.2, 0.25) is 0 Å². The summed E-state index contributed by atoms with van der Waals surface area (Å²) in [7, 11) is 0. The second kappa shape index (κ2) is 15.9. The van der Waals surface area contributed by atoms with Crippen LogP contribution in [-0.4, -0.2) is 13.3 Å². The van der Waals surface area contributed by atoms with Crippen molar-refractivity contribution in [1.82, 2.24) is 0 Å². The van der Waals surface area contributed by atoms with Crippen LogP contribution in [0.1, 0.15) is 2.85 Å². The van der Waals surface area contributed by atoms with Gasteiger partial charge in [-0.3, -0.25) is 9.11 Å². The second-order valence-corrected chi connectivity index (χ2v) is 0.692. The zero-order valence-electron chi connectivity index (χ0n) is 6.12. The summed E-state index contributed by atoms with van der Waals surface area (Å²) in [5.41, 5.74) is 0. The number of halogens is 1. The van der Waals surface area contributed by atoms with E-state index in [9.17, 15) is 0 Å². The summed E-state index contributed by atoms with van der Waals surface area (Å²) in [6.07, 6.45) is 0. The van der Waals surface area contributed by atoms with Crippen LogP contribution in [0.4, 0.5) is 0 Å². The normalized spacial score (nSPS) is 5.00. The zero-order valence-corrected chi connectivity index (χ0v) is 11.3. The molecular weight excluding hydrogens is 253 g/mol. The van der Waals surface area contributed by atoms with Crippen molar-refractivity contribution in [3.63, 3.8) is 0 Å². The minimum atomic E-state index is -2.61. The molecule has 0 atom stereocenters. The predicted octanol–water partition coefficient (Wildman–Crippen LogP) is -5.47. The molecule has 0 aliphatic carbocycles. The molecule has 0 spiro atoms. The van der Waals surface area contributed by atoms with Gasteiger partial charge in [0.05, 0.1) is 0 Å². The Hall–Kier alpha value is 2.80. The van der Waals surface area contributed by atoms with Gasteiger partial charge in [-0.15, -0.1) is 24.0 Å². The van der Waals surface area contributed by atoms with Gasteiger partial charge in [-0.1, -0.05) is 0 Å². The third kappa shape index (κ3) is 51.9. The third-order valence-electron chi connectivity index (χ3n) is 0. The number of hydrogen-bond acceptors (Lipinski definition) is 1. The molecule has 0 amide bonds. The predicted molar refractivity (Wildman–Crippen MR) is 31.0 cm³/mol. The second-order valence-electron chi connectivity index (χ2n) is 0.231. The molecule has 2 N–H and O–H groups in total. The number of hydrogen-bond donors (Lipinski definition) is 2. The summed E-state index contributed by atoms with van der Waals surface area (Å²) in [6, 6.07) is 0. The molecule has 0 aliphatic rings. The summed E-state index contributed by atoms with van der Waals surface area (Å²) in [5.74, 6) is 0. The van der Waals surface area contributed by atoms with Gasteiger partial charge in [-0.05, 0) is 0 Å². The first-order chi connectivity index (χ1) is 1.73. The first kappa shape index (κ1) is 22.6. The fourth-order valence-electron chi connectivity index (χ4n) is 0. The van der Waals surface area contributed by atoms with Crippen LogP contribution in [0, 0.1) is 0 Å². The molecule has 0 rings (SSSR count). The molecule has 0 bridgehead atoms. The molecule has 38 valence electrons. The minimum Gasteiger partial charge on any atom is -1.00 e. The van der Waals surface area contributed by atoms with Crippen molar-refractivity contribution in [3.05, 3.63) is 0 Å². The van der Waals surface area contributed by atoms with Crippen LogP contribution >= 0.6 is 24.0 Å². The average molecular weight is 258 g/mol. The van der Waals surface area contributed by atoms with Crippen LogP contribution < -0.4 is 59.1 Å². The summed E-state index contributed by atoms with van der Waals surface area (Å²) in [5, 5.41) is 0. The maximum Gasteiger partial charge on any atom is 1.00 e. The molecule has 0 saturated carbocycles. The van der Waals surface area contributed by atoms with Gasteiger partial charge in [0.15, 0.2) is 0 Å². The summed E-state index contributed by atoms with van der Waals surface area (Å²) in [6.45, 7) is 0. The molecule has 0 aromatic rings. The van der Waals surface area contributed by atoms with E-state index in [4.69, 9.17) is 13.3 Å². The Morgan fingerprint density at radius 2 is 1.29 bits per heavy atom. The van der Waals surface area contributed by atoms with E-state index in [1.165, 1.54) is 0 Å². The molecular formula is H5INa2O3S. The summed E-state index contributed by atoms with van der Waals surface area (Å²) < 4.78 is 22.8. The van der Waals surface area contributed by atoms with Crippen molar-refractivity contribution in [1.29, 1.82) is 0 Å². The van der Waals surface area contributed by atoms with Crippen LogP contribution in [-0.2, 0) is 11.4 Å². The van der Waals surface area contributed by atoms with Gasteiger partial charge >= 0.3 is 59.1 Å². The van der Waals surface area contributed by atoms with Crippen LogP contribution in [0.2, 0.25) is 0 Å². The standard InChI is InChI=1S/HI.2Na.H2O3S.2H/c;;;1-4(2)3;;/h1H;;;(H2,1,2,3);;/q;2*+1;;2*-1. The van der Waals surface area contributed by atoms with E-state index in [1.54, 1.807) is 0 Å². The zero-order chi connectivity index (χ0) is 3.58. The fourth-order valence-corrected chi connectivity index (χ4v) is 0. The molecule has 0 aliphatic heterocycles. The van der Waals surface area contributed by atoms with Gasteiger partial charge < -0.3 is 2.85 Å². The molecule has 0 fully saturated rings. The van der Waals surface area contributed by atoms with Crippen molar-refractivity contribution >= 4 is 35.3 Å². The largest absolute Gasteiger partial charge is 1.00 e. The van der Waals surface area contributed by atoms with Crippen molar-refractivity contribution in [2.24, 2.45) is 0 Å². The van der Waals surface area contributed by atoms with Crippen LogP contribution in [0.15, 0.2) is 0 Å². The van der Waals surface area contributed by atoms with E-state index in [-0.39, 0.29) is 85.9 Å². The van der Waals surface area contributed by atoms with Crippen LogP contribution in [0.3, 0.4) is 0 Å². The van der Waals surface area contributed by atoms with E-state index in [2.05, 4.69) is 0 Å². The molecule has 0 saturated heterocycles. The molecule has 7 heavy (non-hydrogen) atoms. The minimum absolute atomic E-state index is 0. The maximum atomic E-state index is 8.67.